The minimum absolute atomic E-state index is 1.13. The lowest BCUT2D eigenvalue weighted by Crippen LogP contribution is -1.72. The van der Waals surface area contributed by atoms with Gasteiger partial charge in [0.25, 0.3) is 0 Å². The largest absolute Gasteiger partial charge is 0.0958 e. The minimum Gasteiger partial charge on any atom is -0.0958 e. The fraction of sp³-hybridized carbons (Fsp3) is 0.333. The first kappa shape index (κ1) is 8.22. The monoisotopic (exact) mass is 122 g/mol. The van der Waals surface area contributed by atoms with Crippen molar-refractivity contribution < 1.29 is 0 Å². The molecule has 9 heavy (non-hydrogen) atoms. The highest BCUT2D eigenvalue weighted by Gasteiger charge is 1.83. The van der Waals surface area contributed by atoms with Gasteiger partial charge in [0.15, 0.2) is 0 Å². The molecule has 0 aliphatic rings. The van der Waals surface area contributed by atoms with Gasteiger partial charge in [0.05, 0.1) is 0 Å². The van der Waals surface area contributed by atoms with Gasteiger partial charge in [0.1, 0.15) is 0 Å². The molecule has 0 aromatic rings. The van der Waals surface area contributed by atoms with Gasteiger partial charge in [-0.15, -0.1) is 0 Å². The number of hydrogen-bond acceptors (Lipinski definition) is 0. The Labute approximate surface area is 57.6 Å². The van der Waals surface area contributed by atoms with Crippen molar-refractivity contribution in [3.63, 3.8) is 0 Å². The van der Waals surface area contributed by atoms with E-state index < -0.39 is 0 Å². The summed E-state index contributed by atoms with van der Waals surface area (Å²) in [7, 11) is 0. The summed E-state index contributed by atoms with van der Waals surface area (Å²) in [5.41, 5.74) is 2.38. The number of hydrogen-bond donors (Lipinski definition) is 0. The first-order valence-corrected chi connectivity index (χ1v) is 3.14. The van der Waals surface area contributed by atoms with Gasteiger partial charge in [-0.05, 0) is 26.3 Å². The van der Waals surface area contributed by atoms with Crippen LogP contribution in [-0.2, 0) is 0 Å². The molecule has 0 fully saturated rings. The third-order valence-electron chi connectivity index (χ3n) is 1.21. The molecule has 0 aromatic carbocycles. The standard InChI is InChI=1S/C9H14/c1-5-6-7-9(4)8(2)3/h5-7H,2H2,1,3-4H3/b6-5-,9-7+. The van der Waals surface area contributed by atoms with E-state index in [1.54, 1.807) is 0 Å². The smallest absolute Gasteiger partial charge is 0.0395 e. The molecule has 0 nitrogen and oxygen atoms in total. The summed E-state index contributed by atoms with van der Waals surface area (Å²) in [6.45, 7) is 9.88. The van der Waals surface area contributed by atoms with Crippen LogP contribution >= 0.6 is 0 Å². The second kappa shape index (κ2) is 4.13. The van der Waals surface area contributed by atoms with Crippen molar-refractivity contribution in [2.45, 2.75) is 20.8 Å². The van der Waals surface area contributed by atoms with Crippen LogP contribution in [0.15, 0.2) is 36.0 Å². The molecule has 0 aliphatic heterocycles. The molecule has 0 heteroatoms. The van der Waals surface area contributed by atoms with Gasteiger partial charge >= 0.3 is 0 Å². The Morgan fingerprint density at radius 2 is 1.89 bits per heavy atom. The summed E-state index contributed by atoms with van der Waals surface area (Å²) in [6.07, 6.45) is 6.08. The van der Waals surface area contributed by atoms with Crippen molar-refractivity contribution in [1.82, 2.24) is 0 Å². The predicted molar refractivity (Wildman–Crippen MR) is 43.4 cm³/mol. The molecule has 0 atom stereocenters. The lowest BCUT2D eigenvalue weighted by Gasteiger charge is -1.93. The Bertz CT molecular complexity index is 147. The highest BCUT2D eigenvalue weighted by atomic mass is 13.9. The van der Waals surface area contributed by atoms with Crippen LogP contribution in [0.5, 0.6) is 0 Å². The molecule has 0 N–H and O–H groups in total. The summed E-state index contributed by atoms with van der Waals surface area (Å²) >= 11 is 0. The van der Waals surface area contributed by atoms with Crippen molar-refractivity contribution in [2.75, 3.05) is 0 Å². The summed E-state index contributed by atoms with van der Waals surface area (Å²) in [5, 5.41) is 0. The fourth-order valence-electron chi connectivity index (χ4n) is 0.383. The molecule has 50 valence electrons. The first-order valence-electron chi connectivity index (χ1n) is 3.14. The van der Waals surface area contributed by atoms with Crippen LogP contribution in [0, 0.1) is 0 Å². The average molecular weight is 122 g/mol. The molecule has 0 radical (unpaired) electrons. The first-order chi connectivity index (χ1) is 4.18. The topological polar surface area (TPSA) is 0 Å². The van der Waals surface area contributed by atoms with E-state index in [0.29, 0.717) is 0 Å². The second-order valence-corrected chi connectivity index (χ2v) is 2.16. The zero-order chi connectivity index (χ0) is 7.28. The number of allylic oxidation sites excluding steroid dienone is 5. The maximum atomic E-state index is 3.81. The molecular weight excluding hydrogens is 108 g/mol. The Kier molecular flexibility index (Phi) is 3.78. The van der Waals surface area contributed by atoms with Crippen LogP contribution in [0.2, 0.25) is 0 Å². The maximum Gasteiger partial charge on any atom is -0.0395 e. The molecule has 0 heterocycles. The van der Waals surface area contributed by atoms with Crippen LogP contribution in [0.1, 0.15) is 20.8 Å². The van der Waals surface area contributed by atoms with Crippen LogP contribution in [0.4, 0.5) is 0 Å². The van der Waals surface area contributed by atoms with Crippen molar-refractivity contribution in [2.24, 2.45) is 0 Å². The highest BCUT2D eigenvalue weighted by molar-refractivity contribution is 5.27. The molecule has 0 saturated carbocycles. The quantitative estimate of drug-likeness (QED) is 0.494. The van der Waals surface area contributed by atoms with E-state index in [1.807, 2.05) is 26.0 Å². The fourth-order valence-corrected chi connectivity index (χ4v) is 0.383. The molecular formula is C9H14. The van der Waals surface area contributed by atoms with Crippen molar-refractivity contribution >= 4 is 0 Å². The zero-order valence-electron chi connectivity index (χ0n) is 6.44. The van der Waals surface area contributed by atoms with E-state index in [9.17, 15) is 0 Å². The van der Waals surface area contributed by atoms with Gasteiger partial charge < -0.3 is 0 Å². The van der Waals surface area contributed by atoms with E-state index in [1.165, 1.54) is 5.57 Å². The summed E-state index contributed by atoms with van der Waals surface area (Å²) in [5.74, 6) is 0. The van der Waals surface area contributed by atoms with E-state index in [2.05, 4.69) is 19.6 Å². The van der Waals surface area contributed by atoms with Crippen LogP contribution in [0.3, 0.4) is 0 Å². The molecule has 0 saturated heterocycles. The van der Waals surface area contributed by atoms with Crippen LogP contribution in [-0.4, -0.2) is 0 Å². The number of rotatable bonds is 2. The maximum absolute atomic E-state index is 3.81. The van der Waals surface area contributed by atoms with Crippen molar-refractivity contribution in [3.8, 4) is 0 Å². The Morgan fingerprint density at radius 3 is 2.22 bits per heavy atom. The lowest BCUT2D eigenvalue weighted by atomic mass is 10.1. The Hall–Kier alpha value is -0.780. The SMILES string of the molecule is C=C(C)/C(C)=C/C=C\C. The molecule has 0 rings (SSSR count). The molecule has 0 spiro atoms. The van der Waals surface area contributed by atoms with Gasteiger partial charge in [-0.3, -0.25) is 0 Å². The predicted octanol–water partition coefficient (Wildman–Crippen LogP) is 3.08. The second-order valence-electron chi connectivity index (χ2n) is 2.16. The molecule has 0 aromatic heterocycles. The summed E-state index contributed by atoms with van der Waals surface area (Å²) in [6, 6.07) is 0. The van der Waals surface area contributed by atoms with Crippen molar-refractivity contribution in [1.29, 1.82) is 0 Å². The average Bonchev–Trinajstić information content (AvgIpc) is 1.82. The molecule has 0 aliphatic carbocycles. The van der Waals surface area contributed by atoms with Crippen molar-refractivity contribution in [3.05, 3.63) is 36.0 Å². The van der Waals surface area contributed by atoms with E-state index in [0.717, 1.165) is 5.57 Å². The van der Waals surface area contributed by atoms with Crippen LogP contribution < -0.4 is 0 Å². The normalized spacial score (nSPS) is 12.6. The van der Waals surface area contributed by atoms with Gasteiger partial charge in [0, 0.05) is 0 Å². The Balaban J connectivity index is 4.00. The summed E-state index contributed by atoms with van der Waals surface area (Å²) < 4.78 is 0. The summed E-state index contributed by atoms with van der Waals surface area (Å²) in [4.78, 5) is 0. The molecule has 0 amide bonds. The minimum atomic E-state index is 1.13. The van der Waals surface area contributed by atoms with Gasteiger partial charge in [-0.25, -0.2) is 0 Å². The van der Waals surface area contributed by atoms with Crippen LogP contribution in [0.25, 0.3) is 0 Å². The van der Waals surface area contributed by atoms with E-state index in [-0.39, 0.29) is 0 Å². The van der Waals surface area contributed by atoms with Gasteiger partial charge in [-0.1, -0.05) is 30.4 Å². The van der Waals surface area contributed by atoms with Gasteiger partial charge in [0.2, 0.25) is 0 Å². The Morgan fingerprint density at radius 1 is 1.33 bits per heavy atom. The van der Waals surface area contributed by atoms with Gasteiger partial charge in [-0.2, -0.15) is 0 Å². The molecule has 0 unspecified atom stereocenters. The highest BCUT2D eigenvalue weighted by Crippen LogP contribution is 2.03. The third-order valence-corrected chi connectivity index (χ3v) is 1.21. The van der Waals surface area contributed by atoms with E-state index in [4.69, 9.17) is 0 Å². The zero-order valence-corrected chi connectivity index (χ0v) is 6.44. The third kappa shape index (κ3) is 3.77. The lowest BCUT2D eigenvalue weighted by molar-refractivity contribution is 1.36. The molecule has 0 bridgehead atoms. The van der Waals surface area contributed by atoms with E-state index >= 15 is 0 Å².